The van der Waals surface area contributed by atoms with Crippen LogP contribution < -0.4 is 5.32 Å². The summed E-state index contributed by atoms with van der Waals surface area (Å²) in [6, 6.07) is 2.09. The van der Waals surface area contributed by atoms with Crippen molar-refractivity contribution in [2.45, 2.75) is 26.9 Å². The Hall–Kier alpha value is -2.37. The first-order chi connectivity index (χ1) is 9.69. The molecule has 0 aliphatic heterocycles. The minimum absolute atomic E-state index is 0.736. The molecule has 0 radical (unpaired) electrons. The van der Waals surface area contributed by atoms with Crippen LogP contribution in [0.5, 0.6) is 0 Å². The molecule has 6 nitrogen and oxygen atoms in total. The predicted molar refractivity (Wildman–Crippen MR) is 78.5 cm³/mol. The van der Waals surface area contributed by atoms with E-state index in [9.17, 15) is 0 Å². The summed E-state index contributed by atoms with van der Waals surface area (Å²) >= 11 is 0. The number of aromatic nitrogens is 5. The molecule has 0 fully saturated rings. The summed E-state index contributed by atoms with van der Waals surface area (Å²) in [6.07, 6.45) is 5.58. The Labute approximate surface area is 117 Å². The van der Waals surface area contributed by atoms with Crippen LogP contribution in [0.3, 0.4) is 0 Å². The number of hydrogen-bond donors (Lipinski definition) is 1. The van der Waals surface area contributed by atoms with Crippen LogP contribution in [-0.2, 0) is 20.1 Å². The molecule has 1 N–H and O–H groups in total. The van der Waals surface area contributed by atoms with Crippen LogP contribution in [0, 0.1) is 6.92 Å². The average molecular weight is 270 g/mol. The normalized spacial score (nSPS) is 11.2. The fraction of sp³-hybridized carbons (Fsp3) is 0.357. The summed E-state index contributed by atoms with van der Waals surface area (Å²) in [6.45, 7) is 5.77. The van der Waals surface area contributed by atoms with E-state index in [-0.39, 0.29) is 0 Å². The van der Waals surface area contributed by atoms with E-state index in [1.54, 1.807) is 4.68 Å². The maximum absolute atomic E-state index is 4.46. The lowest BCUT2D eigenvalue weighted by molar-refractivity contribution is 0.719. The van der Waals surface area contributed by atoms with Gasteiger partial charge in [-0.2, -0.15) is 5.10 Å². The number of pyridine rings is 1. The highest BCUT2D eigenvalue weighted by atomic mass is 15.3. The number of fused-ring (bicyclic) bond motifs is 1. The van der Waals surface area contributed by atoms with E-state index >= 15 is 0 Å². The molecular formula is C14H18N6. The molecule has 0 saturated carbocycles. The molecule has 3 aromatic heterocycles. The van der Waals surface area contributed by atoms with Gasteiger partial charge in [-0.25, -0.2) is 9.97 Å². The Balaban J connectivity index is 1.83. The SMILES string of the molecule is CCn1cncc1CNc1cnc2c(c1)c(C)nn2C. The third-order valence-corrected chi connectivity index (χ3v) is 3.48. The zero-order valence-corrected chi connectivity index (χ0v) is 12.0. The van der Waals surface area contributed by atoms with E-state index in [2.05, 4.69) is 37.9 Å². The van der Waals surface area contributed by atoms with Crippen molar-refractivity contribution in [3.63, 3.8) is 0 Å². The fourth-order valence-corrected chi connectivity index (χ4v) is 2.38. The van der Waals surface area contributed by atoms with Gasteiger partial charge in [0.2, 0.25) is 0 Å². The smallest absolute Gasteiger partial charge is 0.157 e. The molecule has 0 aliphatic rings. The largest absolute Gasteiger partial charge is 0.378 e. The lowest BCUT2D eigenvalue weighted by atomic mass is 10.2. The summed E-state index contributed by atoms with van der Waals surface area (Å²) < 4.78 is 3.93. The molecule has 0 amide bonds. The van der Waals surface area contributed by atoms with Crippen LogP contribution in [0.25, 0.3) is 11.0 Å². The first kappa shape index (κ1) is 12.7. The van der Waals surface area contributed by atoms with Crippen molar-refractivity contribution in [2.75, 3.05) is 5.32 Å². The second-order valence-electron chi connectivity index (χ2n) is 4.83. The lowest BCUT2D eigenvalue weighted by Gasteiger charge is -2.08. The van der Waals surface area contributed by atoms with E-state index in [1.807, 2.05) is 32.7 Å². The molecule has 0 unspecified atom stereocenters. The Morgan fingerprint density at radius 3 is 2.95 bits per heavy atom. The summed E-state index contributed by atoms with van der Waals surface area (Å²) in [5.41, 5.74) is 4.07. The van der Waals surface area contributed by atoms with Gasteiger partial charge in [-0.1, -0.05) is 0 Å². The molecule has 0 aromatic carbocycles. The van der Waals surface area contributed by atoms with Crippen molar-refractivity contribution >= 4 is 16.7 Å². The number of rotatable bonds is 4. The summed E-state index contributed by atoms with van der Waals surface area (Å²) in [5.74, 6) is 0. The third kappa shape index (κ3) is 2.13. The maximum atomic E-state index is 4.46. The molecule has 20 heavy (non-hydrogen) atoms. The Morgan fingerprint density at radius 2 is 2.15 bits per heavy atom. The van der Waals surface area contributed by atoms with E-state index in [0.717, 1.165) is 41.2 Å². The van der Waals surface area contributed by atoms with Gasteiger partial charge in [0.15, 0.2) is 5.65 Å². The molecule has 3 aromatic rings. The Kier molecular flexibility index (Phi) is 3.14. The van der Waals surface area contributed by atoms with Gasteiger partial charge in [0.05, 0.1) is 36.1 Å². The lowest BCUT2D eigenvalue weighted by Crippen LogP contribution is -2.06. The molecule has 3 rings (SSSR count). The van der Waals surface area contributed by atoms with Crippen molar-refractivity contribution in [3.8, 4) is 0 Å². The van der Waals surface area contributed by atoms with Crippen molar-refractivity contribution in [2.24, 2.45) is 7.05 Å². The van der Waals surface area contributed by atoms with E-state index in [0.29, 0.717) is 0 Å². The monoisotopic (exact) mass is 270 g/mol. The van der Waals surface area contributed by atoms with Gasteiger partial charge in [0.1, 0.15) is 0 Å². The van der Waals surface area contributed by atoms with Crippen molar-refractivity contribution in [3.05, 3.63) is 36.2 Å². The first-order valence-electron chi connectivity index (χ1n) is 6.71. The van der Waals surface area contributed by atoms with Crippen molar-refractivity contribution < 1.29 is 0 Å². The second-order valence-corrected chi connectivity index (χ2v) is 4.83. The summed E-state index contributed by atoms with van der Waals surface area (Å²) in [5, 5.41) is 8.86. The molecule has 0 spiro atoms. The minimum Gasteiger partial charge on any atom is -0.378 e. The predicted octanol–water partition coefficient (Wildman–Crippen LogP) is 2.11. The van der Waals surface area contributed by atoms with Gasteiger partial charge >= 0.3 is 0 Å². The molecule has 6 heteroatoms. The number of aryl methyl sites for hydroxylation is 3. The molecule has 0 aliphatic carbocycles. The standard InChI is InChI=1S/C14H18N6/c1-4-20-9-15-7-12(20)8-16-11-5-13-10(2)18-19(3)14(13)17-6-11/h5-7,9,16H,4,8H2,1-3H3. The third-order valence-electron chi connectivity index (χ3n) is 3.48. The number of nitrogens with one attached hydrogen (secondary N) is 1. The van der Waals surface area contributed by atoms with Gasteiger partial charge in [-0.3, -0.25) is 4.68 Å². The Morgan fingerprint density at radius 1 is 1.30 bits per heavy atom. The van der Waals surface area contributed by atoms with Gasteiger partial charge in [0, 0.05) is 25.2 Å². The molecule has 0 saturated heterocycles. The van der Waals surface area contributed by atoms with Crippen molar-refractivity contribution in [1.29, 1.82) is 0 Å². The van der Waals surface area contributed by atoms with Crippen LogP contribution in [-0.4, -0.2) is 24.3 Å². The summed E-state index contributed by atoms with van der Waals surface area (Å²) in [4.78, 5) is 8.63. The van der Waals surface area contributed by atoms with E-state index < -0.39 is 0 Å². The molecule has 104 valence electrons. The fourth-order valence-electron chi connectivity index (χ4n) is 2.38. The first-order valence-corrected chi connectivity index (χ1v) is 6.71. The quantitative estimate of drug-likeness (QED) is 0.788. The van der Waals surface area contributed by atoms with Crippen LogP contribution in [0.4, 0.5) is 5.69 Å². The van der Waals surface area contributed by atoms with Gasteiger partial charge in [0.25, 0.3) is 0 Å². The van der Waals surface area contributed by atoms with Crippen LogP contribution >= 0.6 is 0 Å². The Bertz CT molecular complexity index is 739. The number of hydrogen-bond acceptors (Lipinski definition) is 4. The molecule has 3 heterocycles. The number of anilines is 1. The van der Waals surface area contributed by atoms with Gasteiger partial charge in [-0.15, -0.1) is 0 Å². The molecular weight excluding hydrogens is 252 g/mol. The number of imidazole rings is 1. The topological polar surface area (TPSA) is 60.6 Å². The van der Waals surface area contributed by atoms with E-state index in [4.69, 9.17) is 0 Å². The van der Waals surface area contributed by atoms with Gasteiger partial charge in [-0.05, 0) is 19.9 Å². The second kappa shape index (κ2) is 4.96. The highest BCUT2D eigenvalue weighted by molar-refractivity contribution is 5.81. The highest BCUT2D eigenvalue weighted by Crippen LogP contribution is 2.19. The summed E-state index contributed by atoms with van der Waals surface area (Å²) in [7, 11) is 1.91. The van der Waals surface area contributed by atoms with Crippen LogP contribution in [0.1, 0.15) is 18.3 Å². The molecule has 0 atom stereocenters. The zero-order valence-electron chi connectivity index (χ0n) is 12.0. The number of nitrogens with zero attached hydrogens (tertiary/aromatic N) is 5. The molecule has 0 bridgehead atoms. The minimum atomic E-state index is 0.736. The van der Waals surface area contributed by atoms with Crippen molar-refractivity contribution in [1.82, 2.24) is 24.3 Å². The van der Waals surface area contributed by atoms with Crippen LogP contribution in [0.2, 0.25) is 0 Å². The highest BCUT2D eigenvalue weighted by Gasteiger charge is 2.07. The maximum Gasteiger partial charge on any atom is 0.157 e. The zero-order chi connectivity index (χ0) is 14.1. The van der Waals surface area contributed by atoms with E-state index in [1.165, 1.54) is 0 Å². The average Bonchev–Trinajstić information content (AvgIpc) is 3.02. The van der Waals surface area contributed by atoms with Gasteiger partial charge < -0.3 is 9.88 Å². The van der Waals surface area contributed by atoms with Crippen LogP contribution in [0.15, 0.2) is 24.8 Å².